The monoisotopic (exact) mass is 263 g/mol. The van der Waals surface area contributed by atoms with Crippen molar-refractivity contribution in [2.75, 3.05) is 12.4 Å². The van der Waals surface area contributed by atoms with Gasteiger partial charge in [0.05, 0.1) is 12.4 Å². The van der Waals surface area contributed by atoms with Gasteiger partial charge in [-0.3, -0.25) is 4.79 Å². The number of ether oxygens (including phenoxy) is 1. The molecule has 0 saturated heterocycles. The highest BCUT2D eigenvalue weighted by Gasteiger charge is 2.18. The maximum absolute atomic E-state index is 11.2. The molecule has 0 saturated carbocycles. The van der Waals surface area contributed by atoms with E-state index in [1.54, 1.807) is 6.92 Å². The van der Waals surface area contributed by atoms with Gasteiger partial charge in [0.15, 0.2) is 0 Å². The van der Waals surface area contributed by atoms with Gasteiger partial charge in [0.2, 0.25) is 0 Å². The molecule has 0 aromatic heterocycles. The van der Waals surface area contributed by atoms with E-state index in [9.17, 15) is 4.79 Å². The van der Waals surface area contributed by atoms with Gasteiger partial charge in [-0.2, -0.15) is 0 Å². The average Bonchev–Trinajstić information content (AvgIpc) is 2.14. The normalized spacial score (nSPS) is 10.7. The number of carbonyl (C=O) groups excluding carboxylic acids is 1. The van der Waals surface area contributed by atoms with Crippen molar-refractivity contribution in [3.05, 3.63) is 0 Å². The third-order valence-corrected chi connectivity index (χ3v) is 3.34. The highest BCUT2D eigenvalue weighted by molar-refractivity contribution is 8.23. The molecule has 0 atom stereocenters. The van der Waals surface area contributed by atoms with E-state index < -0.39 is 0 Å². The summed E-state index contributed by atoms with van der Waals surface area (Å²) in [6, 6.07) is 0.699. The number of nitrogens with zero attached hydrogens (tertiary/aromatic N) is 1. The van der Waals surface area contributed by atoms with Crippen molar-refractivity contribution in [2.24, 2.45) is 0 Å². The van der Waals surface area contributed by atoms with Crippen molar-refractivity contribution >= 4 is 34.3 Å². The van der Waals surface area contributed by atoms with Crippen LogP contribution in [0.2, 0.25) is 0 Å². The van der Waals surface area contributed by atoms with E-state index in [1.807, 2.05) is 0 Å². The lowest BCUT2D eigenvalue weighted by molar-refractivity contribution is -0.139. The molecule has 0 aromatic rings. The fraction of sp³-hybridized carbons (Fsp3) is 0.818. The van der Waals surface area contributed by atoms with Crippen LogP contribution in [-0.2, 0) is 9.53 Å². The molecule has 0 aliphatic carbocycles. The Morgan fingerprint density at radius 1 is 1.31 bits per heavy atom. The standard InChI is InChI=1S/C11H21NO2S2/c1-6-14-10(13)7-16-11(15)12(8(2)3)9(4)5/h8-9H,6-7H2,1-5H3. The van der Waals surface area contributed by atoms with Crippen LogP contribution in [0, 0.1) is 0 Å². The first kappa shape index (κ1) is 15.7. The Morgan fingerprint density at radius 3 is 2.19 bits per heavy atom. The van der Waals surface area contributed by atoms with E-state index in [0.29, 0.717) is 24.4 Å². The minimum absolute atomic E-state index is 0.206. The number of rotatable bonds is 5. The predicted molar refractivity (Wildman–Crippen MR) is 73.8 cm³/mol. The third-order valence-electron chi connectivity index (χ3n) is 1.94. The lowest BCUT2D eigenvalue weighted by Gasteiger charge is -2.32. The van der Waals surface area contributed by atoms with Crippen LogP contribution in [0.4, 0.5) is 0 Å². The number of carbonyl (C=O) groups is 1. The molecule has 0 bridgehead atoms. The van der Waals surface area contributed by atoms with E-state index in [4.69, 9.17) is 17.0 Å². The largest absolute Gasteiger partial charge is 0.465 e. The van der Waals surface area contributed by atoms with Gasteiger partial charge >= 0.3 is 5.97 Å². The smallest absolute Gasteiger partial charge is 0.316 e. The minimum atomic E-state index is -0.206. The van der Waals surface area contributed by atoms with Crippen molar-refractivity contribution in [1.82, 2.24) is 4.90 Å². The van der Waals surface area contributed by atoms with Crippen LogP contribution < -0.4 is 0 Å². The molecule has 0 amide bonds. The molecule has 0 fully saturated rings. The van der Waals surface area contributed by atoms with E-state index >= 15 is 0 Å². The summed E-state index contributed by atoms with van der Waals surface area (Å²) in [5, 5.41) is 0. The van der Waals surface area contributed by atoms with Crippen LogP contribution in [0.15, 0.2) is 0 Å². The molecule has 0 unspecified atom stereocenters. The summed E-state index contributed by atoms with van der Waals surface area (Å²) in [4.78, 5) is 13.3. The molecule has 0 spiro atoms. The number of hydrogen-bond acceptors (Lipinski definition) is 4. The van der Waals surface area contributed by atoms with Gasteiger partial charge in [-0.25, -0.2) is 0 Å². The fourth-order valence-corrected chi connectivity index (χ4v) is 2.91. The van der Waals surface area contributed by atoms with Crippen molar-refractivity contribution in [2.45, 2.75) is 46.7 Å². The van der Waals surface area contributed by atoms with Crippen LogP contribution in [0.1, 0.15) is 34.6 Å². The van der Waals surface area contributed by atoms with Crippen LogP contribution in [0.5, 0.6) is 0 Å². The van der Waals surface area contributed by atoms with Gasteiger partial charge in [0, 0.05) is 12.1 Å². The van der Waals surface area contributed by atoms with Crippen LogP contribution in [0.25, 0.3) is 0 Å². The van der Waals surface area contributed by atoms with Gasteiger partial charge in [-0.05, 0) is 34.6 Å². The second-order valence-electron chi connectivity index (χ2n) is 3.95. The molecule has 0 radical (unpaired) electrons. The highest BCUT2D eigenvalue weighted by Crippen LogP contribution is 2.16. The Balaban J connectivity index is 4.17. The molecule has 5 heteroatoms. The number of hydrogen-bond donors (Lipinski definition) is 0. The van der Waals surface area contributed by atoms with E-state index in [2.05, 4.69) is 32.6 Å². The fourth-order valence-electron chi connectivity index (χ4n) is 1.42. The maximum atomic E-state index is 11.2. The Hall–Kier alpha value is -0.290. The molecule has 0 aromatic carbocycles. The van der Waals surface area contributed by atoms with Gasteiger partial charge in [0.25, 0.3) is 0 Å². The zero-order chi connectivity index (χ0) is 12.7. The average molecular weight is 263 g/mol. The number of esters is 1. The van der Waals surface area contributed by atoms with Crippen LogP contribution in [-0.4, -0.2) is 39.6 Å². The van der Waals surface area contributed by atoms with Crippen molar-refractivity contribution in [3.63, 3.8) is 0 Å². The maximum Gasteiger partial charge on any atom is 0.316 e. The lowest BCUT2D eigenvalue weighted by Crippen LogP contribution is -2.40. The van der Waals surface area contributed by atoms with Crippen LogP contribution >= 0.6 is 24.0 Å². The van der Waals surface area contributed by atoms with E-state index in [0.717, 1.165) is 4.32 Å². The number of thiocarbonyl (C=S) groups is 1. The van der Waals surface area contributed by atoms with Crippen molar-refractivity contribution < 1.29 is 9.53 Å². The summed E-state index contributed by atoms with van der Waals surface area (Å²) in [5.41, 5.74) is 0. The summed E-state index contributed by atoms with van der Waals surface area (Å²) in [6.07, 6.45) is 0. The van der Waals surface area contributed by atoms with Gasteiger partial charge in [0.1, 0.15) is 4.32 Å². The third kappa shape index (κ3) is 5.70. The van der Waals surface area contributed by atoms with Crippen molar-refractivity contribution in [3.8, 4) is 0 Å². The molecule has 3 nitrogen and oxygen atoms in total. The first-order valence-corrected chi connectivity index (χ1v) is 6.90. The van der Waals surface area contributed by atoms with Gasteiger partial charge in [-0.15, -0.1) is 0 Å². The molecular formula is C11H21NO2S2. The van der Waals surface area contributed by atoms with Gasteiger partial charge in [-0.1, -0.05) is 24.0 Å². The molecule has 0 heterocycles. The first-order valence-electron chi connectivity index (χ1n) is 5.50. The Kier molecular flexibility index (Phi) is 7.76. The second-order valence-corrected chi connectivity index (χ2v) is 5.56. The van der Waals surface area contributed by atoms with Crippen LogP contribution in [0.3, 0.4) is 0 Å². The quantitative estimate of drug-likeness (QED) is 0.562. The molecular weight excluding hydrogens is 242 g/mol. The Morgan fingerprint density at radius 2 is 1.81 bits per heavy atom. The zero-order valence-electron chi connectivity index (χ0n) is 10.6. The zero-order valence-corrected chi connectivity index (χ0v) is 12.3. The molecule has 0 rings (SSSR count). The lowest BCUT2D eigenvalue weighted by atomic mass is 10.2. The van der Waals surface area contributed by atoms with E-state index in [1.165, 1.54) is 11.8 Å². The summed E-state index contributed by atoms with van der Waals surface area (Å²) in [6.45, 7) is 10.6. The Bertz CT molecular complexity index is 234. The first-order chi connectivity index (χ1) is 7.40. The SMILES string of the molecule is CCOC(=O)CSC(=S)N(C(C)C)C(C)C. The topological polar surface area (TPSA) is 29.5 Å². The predicted octanol–water partition coefficient (Wildman–Crippen LogP) is 2.69. The molecule has 0 aliphatic heterocycles. The summed E-state index contributed by atoms with van der Waals surface area (Å²) in [5.74, 6) is 0.0881. The summed E-state index contributed by atoms with van der Waals surface area (Å²) in [7, 11) is 0. The Labute approximate surface area is 108 Å². The van der Waals surface area contributed by atoms with Gasteiger partial charge < -0.3 is 9.64 Å². The second kappa shape index (κ2) is 7.90. The molecule has 94 valence electrons. The summed E-state index contributed by atoms with van der Waals surface area (Å²) < 4.78 is 5.62. The van der Waals surface area contributed by atoms with E-state index in [-0.39, 0.29) is 5.97 Å². The highest BCUT2D eigenvalue weighted by atomic mass is 32.2. The molecule has 16 heavy (non-hydrogen) atoms. The number of thioether (sulfide) groups is 1. The molecule has 0 N–H and O–H groups in total. The molecule has 0 aliphatic rings. The minimum Gasteiger partial charge on any atom is -0.465 e. The summed E-state index contributed by atoms with van der Waals surface area (Å²) >= 11 is 6.68. The van der Waals surface area contributed by atoms with Crippen molar-refractivity contribution in [1.29, 1.82) is 0 Å².